The molecule has 0 saturated carbocycles. The number of nitrogens with zero attached hydrogens (tertiary/aromatic N) is 3. The number of hydrogen-bond donors (Lipinski definition) is 4. The third-order valence-corrected chi connectivity index (χ3v) is 8.27. The van der Waals surface area contributed by atoms with Gasteiger partial charge in [-0.25, -0.2) is 14.8 Å². The Labute approximate surface area is 215 Å². The van der Waals surface area contributed by atoms with E-state index in [0.717, 1.165) is 47.5 Å². The number of imidazole rings is 1. The molecule has 4 N–H and O–H groups in total. The number of likely N-dealkylation sites (tertiary alicyclic amines) is 1. The number of fused-ring (bicyclic) bond motifs is 2. The highest BCUT2D eigenvalue weighted by Gasteiger charge is 2.42. The van der Waals surface area contributed by atoms with Crippen LogP contribution < -0.4 is 16.2 Å². The van der Waals surface area contributed by atoms with Crippen LogP contribution in [0, 0.1) is 11.7 Å². The molecule has 3 fully saturated rings. The number of H-pyrrole nitrogens is 1. The summed E-state index contributed by atoms with van der Waals surface area (Å²) in [6.45, 7) is 4.25. The molecule has 2 aromatic carbocycles. The van der Waals surface area contributed by atoms with Crippen LogP contribution in [0.4, 0.5) is 4.39 Å². The molecule has 2 aromatic heterocycles. The number of aromatic amines is 1. The number of benzene rings is 2. The summed E-state index contributed by atoms with van der Waals surface area (Å²) in [7, 11) is 0. The monoisotopic (exact) mass is 497 g/mol. The Morgan fingerprint density at radius 1 is 1.00 bits per heavy atom. The standard InChI is InChI=1S/C29H32FN7/c30-21-8-6-19(7-9-21)22-4-3-5-24-27(22)34-29(33-24)28-23-13-25(32-16-26(23)35-36-28)20-12-18(14-31-15-20)17-37-10-1-2-11-37/h3-9,12,14-15,23,25-26,28,32,35-36H,1-2,10-11,13,16-17H2,(H,33,34). The summed E-state index contributed by atoms with van der Waals surface area (Å²) >= 11 is 0. The van der Waals surface area contributed by atoms with Gasteiger partial charge in [0, 0.05) is 49.0 Å². The van der Waals surface area contributed by atoms with Gasteiger partial charge in [-0.2, -0.15) is 0 Å². The molecule has 3 saturated heterocycles. The minimum Gasteiger partial charge on any atom is -0.341 e. The normalized spacial score (nSPS) is 26.1. The van der Waals surface area contributed by atoms with Crippen LogP contribution in [0.1, 0.15) is 48.3 Å². The molecule has 4 aromatic rings. The average Bonchev–Trinajstić information content (AvgIpc) is 3.68. The Morgan fingerprint density at radius 3 is 2.73 bits per heavy atom. The van der Waals surface area contributed by atoms with E-state index in [1.165, 1.54) is 49.2 Å². The number of piperidine rings is 1. The molecule has 0 spiro atoms. The van der Waals surface area contributed by atoms with Gasteiger partial charge in [-0.05, 0) is 73.3 Å². The van der Waals surface area contributed by atoms with E-state index in [2.05, 4.69) is 43.2 Å². The summed E-state index contributed by atoms with van der Waals surface area (Å²) in [4.78, 5) is 15.8. The molecule has 7 nitrogen and oxygen atoms in total. The number of pyridine rings is 1. The Hall–Kier alpha value is -3.17. The maximum absolute atomic E-state index is 13.5. The Bertz CT molecular complexity index is 1400. The molecule has 7 rings (SSSR count). The zero-order valence-corrected chi connectivity index (χ0v) is 20.8. The number of aromatic nitrogens is 3. The first-order chi connectivity index (χ1) is 18.2. The molecule has 8 heteroatoms. The molecule has 4 atom stereocenters. The van der Waals surface area contributed by atoms with E-state index in [0.29, 0.717) is 12.0 Å². The van der Waals surface area contributed by atoms with Crippen LogP contribution >= 0.6 is 0 Å². The first-order valence-electron chi connectivity index (χ1n) is 13.4. The number of rotatable bonds is 5. The lowest BCUT2D eigenvalue weighted by Gasteiger charge is -2.34. The van der Waals surface area contributed by atoms with Gasteiger partial charge in [0.2, 0.25) is 0 Å². The molecule has 0 radical (unpaired) electrons. The van der Waals surface area contributed by atoms with Crippen molar-refractivity contribution in [3.05, 3.63) is 83.7 Å². The predicted molar refractivity (Wildman–Crippen MR) is 142 cm³/mol. The first kappa shape index (κ1) is 23.0. The lowest BCUT2D eigenvalue weighted by Crippen LogP contribution is -2.46. The van der Waals surface area contributed by atoms with E-state index in [1.54, 1.807) is 0 Å². The minimum absolute atomic E-state index is 0.0730. The quantitative estimate of drug-likeness (QED) is 0.331. The van der Waals surface area contributed by atoms with Crippen LogP contribution in [0.25, 0.3) is 22.2 Å². The number of nitrogens with one attached hydrogen (secondary N) is 4. The van der Waals surface area contributed by atoms with Crippen LogP contribution in [0.5, 0.6) is 0 Å². The van der Waals surface area contributed by atoms with E-state index in [4.69, 9.17) is 4.98 Å². The Morgan fingerprint density at radius 2 is 1.86 bits per heavy atom. The summed E-state index contributed by atoms with van der Waals surface area (Å²) in [6.07, 6.45) is 7.63. The van der Waals surface area contributed by atoms with Crippen LogP contribution in [0.2, 0.25) is 0 Å². The minimum atomic E-state index is -0.233. The third-order valence-electron chi connectivity index (χ3n) is 8.27. The van der Waals surface area contributed by atoms with Crippen LogP contribution in [-0.4, -0.2) is 45.5 Å². The van der Waals surface area contributed by atoms with Gasteiger partial charge in [0.05, 0.1) is 17.1 Å². The fourth-order valence-electron chi connectivity index (χ4n) is 6.34. The van der Waals surface area contributed by atoms with Crippen molar-refractivity contribution >= 4 is 11.0 Å². The number of hydrogen-bond acceptors (Lipinski definition) is 6. The lowest BCUT2D eigenvalue weighted by atomic mass is 9.82. The maximum Gasteiger partial charge on any atom is 0.126 e. The molecule has 37 heavy (non-hydrogen) atoms. The van der Waals surface area contributed by atoms with Gasteiger partial charge in [-0.15, -0.1) is 0 Å². The molecular weight excluding hydrogens is 465 g/mol. The van der Waals surface area contributed by atoms with Crippen molar-refractivity contribution in [1.29, 1.82) is 0 Å². The topological polar surface area (TPSA) is 80.9 Å². The predicted octanol–water partition coefficient (Wildman–Crippen LogP) is 4.23. The van der Waals surface area contributed by atoms with Gasteiger partial charge in [0.25, 0.3) is 0 Å². The molecule has 3 aliphatic heterocycles. The molecule has 0 aliphatic carbocycles. The molecule has 190 valence electrons. The number of para-hydroxylation sites is 1. The largest absolute Gasteiger partial charge is 0.341 e. The van der Waals surface area contributed by atoms with Crippen molar-refractivity contribution in [3.63, 3.8) is 0 Å². The summed E-state index contributed by atoms with van der Waals surface area (Å²) < 4.78 is 13.5. The molecule has 0 amide bonds. The second kappa shape index (κ2) is 9.61. The van der Waals surface area contributed by atoms with Gasteiger partial charge in [0.1, 0.15) is 11.6 Å². The second-order valence-electron chi connectivity index (χ2n) is 10.7. The van der Waals surface area contributed by atoms with Crippen molar-refractivity contribution in [3.8, 4) is 11.1 Å². The molecular formula is C29H32FN7. The van der Waals surface area contributed by atoms with E-state index in [9.17, 15) is 4.39 Å². The zero-order chi connectivity index (χ0) is 24.8. The highest BCUT2D eigenvalue weighted by Crippen LogP contribution is 2.39. The maximum atomic E-state index is 13.5. The third kappa shape index (κ3) is 4.44. The van der Waals surface area contributed by atoms with E-state index in [-0.39, 0.29) is 17.9 Å². The van der Waals surface area contributed by atoms with Crippen LogP contribution in [-0.2, 0) is 6.54 Å². The average molecular weight is 498 g/mol. The van der Waals surface area contributed by atoms with Crippen molar-refractivity contribution in [1.82, 2.24) is 36.0 Å². The highest BCUT2D eigenvalue weighted by atomic mass is 19.1. The number of hydrazine groups is 1. The lowest BCUT2D eigenvalue weighted by molar-refractivity contribution is 0.263. The molecule has 5 heterocycles. The van der Waals surface area contributed by atoms with E-state index >= 15 is 0 Å². The van der Waals surface area contributed by atoms with Crippen molar-refractivity contribution in [2.45, 2.75) is 43.9 Å². The van der Waals surface area contributed by atoms with Crippen LogP contribution in [0.3, 0.4) is 0 Å². The summed E-state index contributed by atoms with van der Waals surface area (Å²) in [5.74, 6) is 1.08. The second-order valence-corrected chi connectivity index (χ2v) is 10.7. The fourth-order valence-corrected chi connectivity index (χ4v) is 6.34. The number of halogens is 1. The summed E-state index contributed by atoms with van der Waals surface area (Å²) in [5, 5.41) is 3.74. The van der Waals surface area contributed by atoms with E-state index < -0.39 is 0 Å². The Kier molecular flexibility index (Phi) is 5.97. The van der Waals surface area contributed by atoms with Gasteiger partial charge >= 0.3 is 0 Å². The SMILES string of the molecule is Fc1ccc(-c2cccc3[nH]c(C4NNC5CNC(c6cncc(CN7CCCC7)c6)CC54)nc23)cc1. The molecule has 3 aliphatic rings. The van der Waals surface area contributed by atoms with Gasteiger partial charge in [-0.1, -0.05) is 24.3 Å². The highest BCUT2D eigenvalue weighted by molar-refractivity contribution is 5.92. The van der Waals surface area contributed by atoms with Crippen LogP contribution in [0.15, 0.2) is 60.9 Å². The fraction of sp³-hybridized carbons (Fsp3) is 0.379. The smallest absolute Gasteiger partial charge is 0.126 e. The molecule has 4 unspecified atom stereocenters. The van der Waals surface area contributed by atoms with Crippen molar-refractivity contribution in [2.75, 3.05) is 19.6 Å². The van der Waals surface area contributed by atoms with Gasteiger partial charge < -0.3 is 10.3 Å². The Balaban J connectivity index is 1.14. The first-order valence-corrected chi connectivity index (χ1v) is 13.4. The van der Waals surface area contributed by atoms with Crippen molar-refractivity contribution < 1.29 is 4.39 Å². The van der Waals surface area contributed by atoms with Gasteiger partial charge in [0.15, 0.2) is 0 Å². The summed E-state index contributed by atoms with van der Waals surface area (Å²) in [5.41, 5.74) is 13.5. The van der Waals surface area contributed by atoms with Gasteiger partial charge in [-0.3, -0.25) is 15.3 Å². The summed E-state index contributed by atoms with van der Waals surface area (Å²) in [6, 6.07) is 15.7. The zero-order valence-electron chi connectivity index (χ0n) is 20.8. The van der Waals surface area contributed by atoms with Crippen molar-refractivity contribution in [2.24, 2.45) is 5.92 Å². The molecule has 0 bridgehead atoms. The van der Waals surface area contributed by atoms with E-state index in [1.807, 2.05) is 36.7 Å².